The first-order chi connectivity index (χ1) is 6.95. The molecule has 0 aliphatic carbocycles. The van der Waals surface area contributed by atoms with E-state index < -0.39 is 0 Å². The summed E-state index contributed by atoms with van der Waals surface area (Å²) in [5.41, 5.74) is 3.42. The van der Waals surface area contributed by atoms with Gasteiger partial charge in [-0.05, 0) is 31.1 Å². The number of rotatable bonds is 4. The van der Waals surface area contributed by atoms with Crippen LogP contribution in [0.3, 0.4) is 0 Å². The summed E-state index contributed by atoms with van der Waals surface area (Å²) < 4.78 is 0. The fraction of sp³-hybridized carbons (Fsp3) is 0.750. The molecule has 0 radical (unpaired) electrons. The Balaban J connectivity index is 2.52. The van der Waals surface area contributed by atoms with Gasteiger partial charge in [-0.15, -0.1) is 22.9 Å². The zero-order valence-electron chi connectivity index (χ0n) is 10.0. The third kappa shape index (κ3) is 3.76. The molecule has 3 heteroatoms. The van der Waals surface area contributed by atoms with Gasteiger partial charge in [0.25, 0.3) is 0 Å². The number of halogens is 1. The Labute approximate surface area is 102 Å². The Hall–Kier alpha value is -0.0800. The molecular weight excluding hydrogens is 226 g/mol. The van der Waals surface area contributed by atoms with Crippen molar-refractivity contribution in [1.29, 1.82) is 0 Å². The lowest BCUT2D eigenvalue weighted by Gasteiger charge is -2.28. The van der Waals surface area contributed by atoms with E-state index >= 15 is 0 Å². The summed E-state index contributed by atoms with van der Waals surface area (Å²) in [5, 5.41) is 0. The quantitative estimate of drug-likeness (QED) is 0.722. The second-order valence-electron chi connectivity index (χ2n) is 5.12. The Morgan fingerprint density at radius 3 is 2.53 bits per heavy atom. The van der Waals surface area contributed by atoms with Crippen LogP contribution >= 0.6 is 22.9 Å². The van der Waals surface area contributed by atoms with Gasteiger partial charge in [-0.3, -0.25) is 0 Å². The first-order valence-corrected chi connectivity index (χ1v) is 6.81. The predicted molar refractivity (Wildman–Crippen MR) is 68.8 cm³/mol. The summed E-state index contributed by atoms with van der Waals surface area (Å²) in [7, 11) is 0. The molecule has 0 aromatic carbocycles. The number of hydrogen-bond acceptors (Lipinski definition) is 2. The molecule has 1 aromatic rings. The minimum absolute atomic E-state index is 0.306. The maximum atomic E-state index is 6.02. The Morgan fingerprint density at radius 1 is 1.47 bits per heavy atom. The molecule has 0 amide bonds. The van der Waals surface area contributed by atoms with Crippen molar-refractivity contribution in [2.45, 2.75) is 40.5 Å². The molecule has 0 fully saturated rings. The first kappa shape index (κ1) is 13.0. The van der Waals surface area contributed by atoms with Crippen molar-refractivity contribution in [3.8, 4) is 0 Å². The second kappa shape index (κ2) is 5.31. The van der Waals surface area contributed by atoms with Gasteiger partial charge in [0.15, 0.2) is 0 Å². The number of nitrogens with zero attached hydrogens (tertiary/aromatic N) is 1. The lowest BCUT2D eigenvalue weighted by Crippen LogP contribution is -2.22. The van der Waals surface area contributed by atoms with E-state index in [1.54, 1.807) is 11.3 Å². The summed E-state index contributed by atoms with van der Waals surface area (Å²) in [6, 6.07) is 0. The summed E-state index contributed by atoms with van der Waals surface area (Å²) in [4.78, 5) is 5.68. The number of thiazole rings is 1. The number of hydrogen-bond donors (Lipinski definition) is 0. The van der Waals surface area contributed by atoms with Gasteiger partial charge in [-0.2, -0.15) is 0 Å². The van der Waals surface area contributed by atoms with Gasteiger partial charge in [0.2, 0.25) is 0 Å². The van der Waals surface area contributed by atoms with Gasteiger partial charge in [0.05, 0.1) is 11.2 Å². The van der Waals surface area contributed by atoms with Gasteiger partial charge in [-0.25, -0.2) is 4.98 Å². The van der Waals surface area contributed by atoms with Crippen LogP contribution in [0, 0.1) is 18.3 Å². The van der Waals surface area contributed by atoms with Crippen LogP contribution in [-0.2, 0) is 6.42 Å². The number of aromatic nitrogens is 1. The van der Waals surface area contributed by atoms with E-state index in [2.05, 4.69) is 32.7 Å². The molecule has 0 N–H and O–H groups in total. The average Bonchev–Trinajstić information content (AvgIpc) is 2.50. The van der Waals surface area contributed by atoms with Crippen LogP contribution < -0.4 is 0 Å². The molecule has 1 atom stereocenters. The summed E-state index contributed by atoms with van der Waals surface area (Å²) in [5.74, 6) is 1.34. The monoisotopic (exact) mass is 245 g/mol. The molecule has 0 aliphatic heterocycles. The zero-order valence-corrected chi connectivity index (χ0v) is 11.6. The minimum Gasteiger partial charge on any atom is -0.250 e. The van der Waals surface area contributed by atoms with Crippen LogP contribution in [-0.4, -0.2) is 10.9 Å². The fourth-order valence-corrected chi connectivity index (χ4v) is 3.03. The van der Waals surface area contributed by atoms with Crippen molar-refractivity contribution < 1.29 is 0 Å². The molecule has 15 heavy (non-hydrogen) atoms. The summed E-state index contributed by atoms with van der Waals surface area (Å²) in [6.45, 7) is 8.87. The standard InChI is InChI=1S/C12H20ClNS/c1-9-11(15-8-14-9)6-5-10(7-13)12(2,3)4/h8,10H,5-7H2,1-4H3. The molecule has 1 aromatic heterocycles. The second-order valence-corrected chi connectivity index (χ2v) is 6.36. The van der Waals surface area contributed by atoms with Crippen molar-refractivity contribution in [2.75, 3.05) is 5.88 Å². The average molecular weight is 246 g/mol. The summed E-state index contributed by atoms with van der Waals surface area (Å²) >= 11 is 7.78. The molecule has 1 nitrogen and oxygen atoms in total. The Kier molecular flexibility index (Phi) is 4.60. The molecule has 0 saturated carbocycles. The van der Waals surface area contributed by atoms with Gasteiger partial charge in [-0.1, -0.05) is 20.8 Å². The predicted octanol–water partition coefficient (Wildman–Crippen LogP) is 4.29. The van der Waals surface area contributed by atoms with Gasteiger partial charge >= 0.3 is 0 Å². The first-order valence-electron chi connectivity index (χ1n) is 5.40. The summed E-state index contributed by atoms with van der Waals surface area (Å²) in [6.07, 6.45) is 2.28. The highest BCUT2D eigenvalue weighted by molar-refractivity contribution is 7.09. The normalized spacial score (nSPS) is 14.2. The van der Waals surface area contributed by atoms with Gasteiger partial charge in [0.1, 0.15) is 0 Å². The minimum atomic E-state index is 0.306. The van der Waals surface area contributed by atoms with E-state index in [0.29, 0.717) is 11.3 Å². The Morgan fingerprint density at radius 2 is 2.13 bits per heavy atom. The van der Waals surface area contributed by atoms with Crippen LogP contribution in [0.15, 0.2) is 5.51 Å². The molecule has 86 valence electrons. The van der Waals surface area contributed by atoms with Gasteiger partial charge in [0, 0.05) is 10.8 Å². The molecule has 1 rings (SSSR count). The van der Waals surface area contributed by atoms with Crippen molar-refractivity contribution in [2.24, 2.45) is 11.3 Å². The molecule has 0 spiro atoms. The van der Waals surface area contributed by atoms with Crippen molar-refractivity contribution in [3.63, 3.8) is 0 Å². The third-order valence-corrected chi connectivity index (χ3v) is 4.34. The van der Waals surface area contributed by atoms with Crippen LogP contribution in [0.5, 0.6) is 0 Å². The van der Waals surface area contributed by atoms with E-state index in [1.165, 1.54) is 10.6 Å². The van der Waals surface area contributed by atoms with Crippen LogP contribution in [0.2, 0.25) is 0 Å². The maximum absolute atomic E-state index is 6.02. The molecule has 0 aliphatic rings. The van der Waals surface area contributed by atoms with E-state index in [-0.39, 0.29) is 0 Å². The smallest absolute Gasteiger partial charge is 0.0797 e. The van der Waals surface area contributed by atoms with E-state index in [1.807, 2.05) is 5.51 Å². The van der Waals surface area contributed by atoms with Crippen LogP contribution in [0.25, 0.3) is 0 Å². The largest absolute Gasteiger partial charge is 0.250 e. The van der Waals surface area contributed by atoms with Crippen LogP contribution in [0.1, 0.15) is 37.8 Å². The number of aryl methyl sites for hydroxylation is 2. The Bertz CT molecular complexity index is 301. The highest BCUT2D eigenvalue weighted by atomic mass is 35.5. The molecule has 0 saturated heterocycles. The topological polar surface area (TPSA) is 12.9 Å². The van der Waals surface area contributed by atoms with E-state index in [0.717, 1.165) is 18.7 Å². The zero-order chi connectivity index (χ0) is 11.5. The third-order valence-electron chi connectivity index (χ3n) is 2.98. The molecule has 0 bridgehead atoms. The van der Waals surface area contributed by atoms with Crippen molar-refractivity contribution >= 4 is 22.9 Å². The van der Waals surface area contributed by atoms with E-state index in [9.17, 15) is 0 Å². The lowest BCUT2D eigenvalue weighted by atomic mass is 9.79. The van der Waals surface area contributed by atoms with Crippen LogP contribution in [0.4, 0.5) is 0 Å². The molecular formula is C12H20ClNS. The maximum Gasteiger partial charge on any atom is 0.0797 e. The SMILES string of the molecule is Cc1ncsc1CCC(CCl)C(C)(C)C. The molecule has 1 unspecified atom stereocenters. The highest BCUT2D eigenvalue weighted by Crippen LogP contribution is 2.31. The number of alkyl halides is 1. The molecule has 1 heterocycles. The highest BCUT2D eigenvalue weighted by Gasteiger charge is 2.23. The lowest BCUT2D eigenvalue weighted by molar-refractivity contribution is 0.251. The van der Waals surface area contributed by atoms with E-state index in [4.69, 9.17) is 11.6 Å². The van der Waals surface area contributed by atoms with Gasteiger partial charge < -0.3 is 0 Å². The van der Waals surface area contributed by atoms with Crippen molar-refractivity contribution in [3.05, 3.63) is 16.1 Å². The fourth-order valence-electron chi connectivity index (χ4n) is 1.61. The van der Waals surface area contributed by atoms with Crippen molar-refractivity contribution in [1.82, 2.24) is 4.98 Å².